The first-order chi connectivity index (χ1) is 51.2. The van der Waals surface area contributed by atoms with E-state index in [1.165, 1.54) is 141 Å². The summed E-state index contributed by atoms with van der Waals surface area (Å²) < 4.78 is 61.1. The maximum atomic E-state index is 12.9. The van der Waals surface area contributed by atoms with Crippen molar-refractivity contribution in [3.63, 3.8) is 0 Å². The predicted octanol–water partition coefficient (Wildman–Crippen LogP) is 24.7. The summed E-state index contributed by atoms with van der Waals surface area (Å²) in [5.74, 6) is -1.61. The second-order valence-electron chi connectivity index (χ2n) is 27.5. The summed E-state index contributed by atoms with van der Waals surface area (Å²) in [7, 11) is -9.80. The molecule has 0 saturated carbocycles. The van der Waals surface area contributed by atoms with Gasteiger partial charge in [-0.15, -0.1) is 0 Å². The van der Waals surface area contributed by atoms with Crippen LogP contribution in [0, 0.1) is 0 Å². The van der Waals surface area contributed by atoms with Gasteiger partial charge in [-0.3, -0.25) is 32.5 Å². The number of phosphoric acid groups is 2. The van der Waals surface area contributed by atoms with Gasteiger partial charge in [0.1, 0.15) is 25.4 Å². The number of rotatable bonds is 78. The van der Waals surface area contributed by atoms with Crippen LogP contribution >= 0.6 is 15.6 Å². The van der Waals surface area contributed by atoms with Gasteiger partial charge in [-0.1, -0.05) is 321 Å². The quantitative estimate of drug-likeness (QED) is 0.0146. The van der Waals surface area contributed by atoms with Crippen LogP contribution in [0.15, 0.2) is 134 Å². The van der Waals surface area contributed by atoms with Crippen molar-refractivity contribution in [2.24, 2.45) is 0 Å². The molecular formula is C87H150O16P2. The summed E-state index contributed by atoms with van der Waals surface area (Å²) >= 11 is 0. The van der Waals surface area contributed by atoms with Crippen LogP contribution in [-0.2, 0) is 55.8 Å². The molecule has 0 amide bonds. The summed E-state index contributed by atoms with van der Waals surface area (Å²) in [6.45, 7) is 2.47. The third-order valence-electron chi connectivity index (χ3n) is 17.3. The Kier molecular flexibility index (Phi) is 76.0. The Morgan fingerprint density at radius 3 is 0.838 bits per heavy atom. The van der Waals surface area contributed by atoms with E-state index in [0.29, 0.717) is 19.3 Å². The summed E-state index contributed by atoms with van der Waals surface area (Å²) in [5.41, 5.74) is 0. The van der Waals surface area contributed by atoms with Gasteiger partial charge in [-0.2, -0.15) is 0 Å². The van der Waals surface area contributed by atoms with Gasteiger partial charge in [0.15, 0.2) is 6.10 Å². The molecular weight excluding hydrogens is 1360 g/mol. The minimum atomic E-state index is -4.94. The van der Waals surface area contributed by atoms with E-state index in [0.717, 1.165) is 141 Å². The van der Waals surface area contributed by atoms with E-state index >= 15 is 0 Å². The molecule has 0 rings (SSSR count). The van der Waals surface area contributed by atoms with Gasteiger partial charge in [0.25, 0.3) is 0 Å². The molecule has 0 aromatic heterocycles. The van der Waals surface area contributed by atoms with Gasteiger partial charge in [0.05, 0.1) is 26.4 Å². The van der Waals surface area contributed by atoms with Gasteiger partial charge in [0, 0.05) is 19.3 Å². The van der Waals surface area contributed by atoms with Crippen LogP contribution in [-0.4, -0.2) is 95.9 Å². The van der Waals surface area contributed by atoms with Gasteiger partial charge in [-0.05, 0) is 135 Å². The Labute approximate surface area is 639 Å². The number of esters is 3. The SMILES string of the molecule is CC/C=C\C/C=C\C/C=C\C/C=C\C/C=C\C/C=C\CCCCCCC(=O)OCC(COP(=O)(O)OCC(O)COP(=O)(O)OCC(O)COC(=O)CCCCCCCCCCCCCCCCCCCCC/C=C\C/C=C\C/C=C\C/C=C\CCCCC)OC(=O)CCCCCCC/C=C\CCCC. The van der Waals surface area contributed by atoms with Crippen LogP contribution < -0.4 is 0 Å². The molecule has 105 heavy (non-hydrogen) atoms. The van der Waals surface area contributed by atoms with Crippen molar-refractivity contribution in [3.05, 3.63) is 134 Å². The molecule has 0 spiro atoms. The van der Waals surface area contributed by atoms with Crippen molar-refractivity contribution in [2.75, 3.05) is 39.6 Å². The van der Waals surface area contributed by atoms with E-state index in [9.17, 15) is 43.5 Å². The fraction of sp³-hybridized carbons (Fsp3) is 0.713. The zero-order valence-electron chi connectivity index (χ0n) is 66.1. The van der Waals surface area contributed by atoms with Crippen molar-refractivity contribution < 1.29 is 75.8 Å². The van der Waals surface area contributed by atoms with Crippen LogP contribution in [0.5, 0.6) is 0 Å². The molecule has 5 unspecified atom stereocenters. The Bertz CT molecular complexity index is 2440. The largest absolute Gasteiger partial charge is 0.472 e. The molecule has 0 fully saturated rings. The Morgan fingerprint density at radius 2 is 0.514 bits per heavy atom. The van der Waals surface area contributed by atoms with Gasteiger partial charge >= 0.3 is 33.6 Å². The number of hydrogen-bond donors (Lipinski definition) is 4. The molecule has 0 aromatic rings. The van der Waals surface area contributed by atoms with Crippen molar-refractivity contribution in [1.82, 2.24) is 0 Å². The van der Waals surface area contributed by atoms with Gasteiger partial charge in [0.2, 0.25) is 0 Å². The molecule has 4 N–H and O–H groups in total. The maximum Gasteiger partial charge on any atom is 0.472 e. The lowest BCUT2D eigenvalue weighted by molar-refractivity contribution is -0.161. The maximum absolute atomic E-state index is 12.9. The van der Waals surface area contributed by atoms with Crippen LogP contribution in [0.3, 0.4) is 0 Å². The van der Waals surface area contributed by atoms with Crippen LogP contribution in [0.1, 0.15) is 342 Å². The molecule has 0 aliphatic rings. The molecule has 0 heterocycles. The standard InChI is InChI=1S/C87H150O16P2/c1-4-7-10-13-16-19-22-24-26-28-30-32-34-35-36-37-38-39-40-41-42-43-44-45-47-49-50-52-54-56-59-61-64-67-70-73-85(90)97-76-82(88)77-99-104(93,94)100-78-83(89)79-101-105(95,96)102-81-84(103-87(92)75-72-69-66-63-58-21-18-15-12-9-6-3)80-98-86(91)74-71-68-65-62-60-57-55-53-51-48-46-33-31-29-27-25-23-20-17-14-11-8-5-2/h8,11,15-20,24-27,30-33,35-36,48,51,55,57,82-84,88-89H,4-7,9-10,12-14,21-23,28-29,34,37-47,49-50,52-54,56,58-81H2,1-3H3,(H,93,94)(H,95,96)/b11-8-,18-15-,19-16-,20-17-,26-24-,27-25-,32-30-,33-31-,36-35-,51-48-,57-55-. The molecule has 0 aromatic carbocycles. The number of hydrogen-bond acceptors (Lipinski definition) is 14. The van der Waals surface area contributed by atoms with Crippen molar-refractivity contribution >= 4 is 33.6 Å². The normalized spacial score (nSPS) is 14.6. The zero-order chi connectivity index (χ0) is 76.6. The van der Waals surface area contributed by atoms with E-state index in [2.05, 4.69) is 154 Å². The van der Waals surface area contributed by atoms with E-state index in [1.54, 1.807) is 0 Å². The monoisotopic (exact) mass is 1510 g/mol. The Morgan fingerprint density at radius 1 is 0.276 bits per heavy atom. The topological polar surface area (TPSA) is 231 Å². The number of aliphatic hydroxyl groups excluding tert-OH is 2. The first kappa shape index (κ1) is 101. The highest BCUT2D eigenvalue weighted by Crippen LogP contribution is 2.45. The lowest BCUT2D eigenvalue weighted by Gasteiger charge is -2.21. The Hall–Kier alpha value is -4.31. The highest BCUT2D eigenvalue weighted by molar-refractivity contribution is 7.47. The average molecular weight is 1510 g/mol. The third-order valence-corrected chi connectivity index (χ3v) is 19.2. The number of carbonyl (C=O) groups excluding carboxylic acids is 3. The first-order valence-corrected chi connectivity index (χ1v) is 44.5. The molecule has 604 valence electrons. The molecule has 0 bridgehead atoms. The van der Waals surface area contributed by atoms with Gasteiger partial charge < -0.3 is 34.2 Å². The zero-order valence-corrected chi connectivity index (χ0v) is 67.9. The summed E-state index contributed by atoms with van der Waals surface area (Å²) in [6, 6.07) is 0. The molecule has 0 aliphatic carbocycles. The second kappa shape index (κ2) is 79.2. The molecule has 0 saturated heterocycles. The van der Waals surface area contributed by atoms with E-state index in [1.807, 2.05) is 0 Å². The van der Waals surface area contributed by atoms with E-state index < -0.39 is 91.5 Å². The van der Waals surface area contributed by atoms with Crippen LogP contribution in [0.25, 0.3) is 0 Å². The van der Waals surface area contributed by atoms with Gasteiger partial charge in [-0.25, -0.2) is 9.13 Å². The van der Waals surface area contributed by atoms with Crippen molar-refractivity contribution in [3.8, 4) is 0 Å². The van der Waals surface area contributed by atoms with Crippen molar-refractivity contribution in [1.29, 1.82) is 0 Å². The number of phosphoric ester groups is 2. The molecule has 16 nitrogen and oxygen atoms in total. The fourth-order valence-electron chi connectivity index (χ4n) is 11.0. The minimum absolute atomic E-state index is 0.0855. The molecule has 5 atom stereocenters. The number of aliphatic hydroxyl groups is 2. The minimum Gasteiger partial charge on any atom is -0.463 e. The molecule has 18 heteroatoms. The number of ether oxygens (including phenoxy) is 3. The second-order valence-corrected chi connectivity index (χ2v) is 30.4. The Balaban J connectivity index is 4.36. The van der Waals surface area contributed by atoms with Crippen LogP contribution in [0.2, 0.25) is 0 Å². The fourth-order valence-corrected chi connectivity index (χ4v) is 12.6. The summed E-state index contributed by atoms with van der Waals surface area (Å²) in [6.07, 6.45) is 96.8. The lowest BCUT2D eigenvalue weighted by Crippen LogP contribution is -2.30. The molecule has 0 aliphatic heterocycles. The third kappa shape index (κ3) is 80.5. The highest BCUT2D eigenvalue weighted by Gasteiger charge is 2.29. The smallest absolute Gasteiger partial charge is 0.463 e. The van der Waals surface area contributed by atoms with Crippen LogP contribution in [0.4, 0.5) is 0 Å². The number of allylic oxidation sites excluding steroid dienone is 22. The predicted molar refractivity (Wildman–Crippen MR) is 436 cm³/mol. The summed E-state index contributed by atoms with van der Waals surface area (Å²) in [4.78, 5) is 58.6. The van der Waals surface area contributed by atoms with E-state index in [4.69, 9.17) is 32.3 Å². The van der Waals surface area contributed by atoms with E-state index in [-0.39, 0.29) is 19.3 Å². The number of unbranched alkanes of at least 4 members (excludes halogenated alkanes) is 33. The number of carbonyl (C=O) groups is 3. The first-order valence-electron chi connectivity index (χ1n) is 41.5. The highest BCUT2D eigenvalue weighted by atomic mass is 31.2. The summed E-state index contributed by atoms with van der Waals surface area (Å²) in [5, 5.41) is 20.6. The average Bonchev–Trinajstić information content (AvgIpc) is 0.913. The lowest BCUT2D eigenvalue weighted by atomic mass is 10.0. The van der Waals surface area contributed by atoms with Crippen molar-refractivity contribution in [2.45, 2.75) is 360 Å². The molecule has 0 radical (unpaired) electrons.